The smallest absolute Gasteiger partial charge is 0.226 e. The fourth-order valence-electron chi connectivity index (χ4n) is 3.74. The molecule has 3 rings (SSSR count). The largest absolute Gasteiger partial charge is 0.378 e. The molecule has 1 aromatic heterocycles. The van der Waals surface area contributed by atoms with E-state index in [2.05, 4.69) is 23.7 Å². The zero-order valence-electron chi connectivity index (χ0n) is 15.5. The second-order valence-corrected chi connectivity index (χ2v) is 7.03. The van der Waals surface area contributed by atoms with Gasteiger partial charge in [-0.2, -0.15) is 0 Å². The molecule has 0 radical (unpaired) electrons. The SMILES string of the molecule is CCCC(CCC)C(=O)N1CCc2cnc(N3CCOCC3)nc2C1. The summed E-state index contributed by atoms with van der Waals surface area (Å²) in [5, 5.41) is 0. The Bertz CT molecular complexity index is 581. The van der Waals surface area contributed by atoms with Crippen LogP contribution in [0.15, 0.2) is 6.20 Å². The minimum atomic E-state index is 0.164. The summed E-state index contributed by atoms with van der Waals surface area (Å²) < 4.78 is 5.40. The number of rotatable bonds is 6. The minimum Gasteiger partial charge on any atom is -0.378 e. The summed E-state index contributed by atoms with van der Waals surface area (Å²) in [5.41, 5.74) is 2.20. The molecule has 0 bridgehead atoms. The Balaban J connectivity index is 1.71. The molecule has 0 aromatic carbocycles. The van der Waals surface area contributed by atoms with Gasteiger partial charge in [-0.3, -0.25) is 4.79 Å². The normalized spacial score (nSPS) is 17.7. The molecule has 2 aliphatic heterocycles. The first kappa shape index (κ1) is 18.1. The molecule has 0 atom stereocenters. The summed E-state index contributed by atoms with van der Waals surface area (Å²) in [6, 6.07) is 0. The van der Waals surface area contributed by atoms with Crippen LogP contribution in [0.1, 0.15) is 50.8 Å². The van der Waals surface area contributed by atoms with E-state index < -0.39 is 0 Å². The summed E-state index contributed by atoms with van der Waals surface area (Å²) in [5.74, 6) is 1.24. The molecule has 0 unspecified atom stereocenters. The number of nitrogens with zero attached hydrogens (tertiary/aromatic N) is 4. The Morgan fingerprint density at radius 3 is 2.60 bits per heavy atom. The lowest BCUT2D eigenvalue weighted by Gasteiger charge is -2.32. The van der Waals surface area contributed by atoms with Gasteiger partial charge in [-0.25, -0.2) is 9.97 Å². The van der Waals surface area contributed by atoms with Gasteiger partial charge in [0.15, 0.2) is 0 Å². The third-order valence-corrected chi connectivity index (χ3v) is 5.16. The zero-order valence-corrected chi connectivity index (χ0v) is 15.5. The van der Waals surface area contributed by atoms with Crippen molar-refractivity contribution in [3.05, 3.63) is 17.5 Å². The number of morpholine rings is 1. The highest BCUT2D eigenvalue weighted by Gasteiger charge is 2.28. The van der Waals surface area contributed by atoms with Gasteiger partial charge in [0.25, 0.3) is 0 Å². The van der Waals surface area contributed by atoms with Crippen LogP contribution in [0.5, 0.6) is 0 Å². The molecule has 3 heterocycles. The van der Waals surface area contributed by atoms with E-state index in [0.29, 0.717) is 12.5 Å². The predicted octanol–water partition coefficient (Wildman–Crippen LogP) is 2.41. The molecule has 138 valence electrons. The Labute approximate surface area is 150 Å². The first-order valence-corrected chi connectivity index (χ1v) is 9.69. The van der Waals surface area contributed by atoms with Gasteiger partial charge in [0.1, 0.15) is 0 Å². The Morgan fingerprint density at radius 1 is 1.20 bits per heavy atom. The quantitative estimate of drug-likeness (QED) is 0.792. The summed E-state index contributed by atoms with van der Waals surface area (Å²) in [4.78, 5) is 26.4. The van der Waals surface area contributed by atoms with Gasteiger partial charge in [0.2, 0.25) is 11.9 Å². The van der Waals surface area contributed by atoms with Gasteiger partial charge in [-0.1, -0.05) is 26.7 Å². The molecule has 0 N–H and O–H groups in total. The van der Waals surface area contributed by atoms with Crippen molar-refractivity contribution in [1.82, 2.24) is 14.9 Å². The highest BCUT2D eigenvalue weighted by molar-refractivity contribution is 5.79. The Kier molecular flexibility index (Phi) is 6.24. The standard InChI is InChI=1S/C19H30N4O2/c1-3-5-15(6-4-2)18(24)23-8-7-16-13-20-19(21-17(16)14-23)22-9-11-25-12-10-22/h13,15H,3-12,14H2,1-2H3. The van der Waals surface area contributed by atoms with Crippen LogP contribution in [0, 0.1) is 5.92 Å². The van der Waals surface area contributed by atoms with Gasteiger partial charge in [-0.15, -0.1) is 0 Å². The number of carbonyl (C=O) groups is 1. The summed E-state index contributed by atoms with van der Waals surface area (Å²) in [6.45, 7) is 8.83. The predicted molar refractivity (Wildman–Crippen MR) is 97.5 cm³/mol. The second-order valence-electron chi connectivity index (χ2n) is 7.03. The molecule has 1 fully saturated rings. The van der Waals surface area contributed by atoms with Crippen molar-refractivity contribution >= 4 is 11.9 Å². The highest BCUT2D eigenvalue weighted by Crippen LogP contribution is 2.24. The molecule has 1 aromatic rings. The fourth-order valence-corrected chi connectivity index (χ4v) is 3.74. The van der Waals surface area contributed by atoms with Crippen molar-refractivity contribution in [1.29, 1.82) is 0 Å². The van der Waals surface area contributed by atoms with Gasteiger partial charge in [-0.05, 0) is 24.8 Å². The van der Waals surface area contributed by atoms with Crippen molar-refractivity contribution in [3.8, 4) is 0 Å². The molecular formula is C19H30N4O2. The molecular weight excluding hydrogens is 316 g/mol. The van der Waals surface area contributed by atoms with Crippen LogP contribution in [0.25, 0.3) is 0 Å². The van der Waals surface area contributed by atoms with E-state index in [9.17, 15) is 4.79 Å². The molecule has 0 aliphatic carbocycles. The maximum absolute atomic E-state index is 12.9. The molecule has 0 saturated carbocycles. The number of hydrogen-bond donors (Lipinski definition) is 0. The van der Waals surface area contributed by atoms with Gasteiger partial charge >= 0.3 is 0 Å². The summed E-state index contributed by atoms with van der Waals surface area (Å²) >= 11 is 0. The highest BCUT2D eigenvalue weighted by atomic mass is 16.5. The van der Waals surface area contributed by atoms with Crippen molar-refractivity contribution in [2.45, 2.75) is 52.5 Å². The van der Waals surface area contributed by atoms with Crippen LogP contribution in [0.4, 0.5) is 5.95 Å². The first-order chi connectivity index (χ1) is 12.2. The van der Waals surface area contributed by atoms with Crippen molar-refractivity contribution < 1.29 is 9.53 Å². The van der Waals surface area contributed by atoms with Gasteiger partial charge in [0.05, 0.1) is 25.5 Å². The minimum absolute atomic E-state index is 0.164. The average molecular weight is 346 g/mol. The monoisotopic (exact) mass is 346 g/mol. The van der Waals surface area contributed by atoms with E-state index in [-0.39, 0.29) is 5.92 Å². The topological polar surface area (TPSA) is 58.6 Å². The van der Waals surface area contributed by atoms with E-state index in [0.717, 1.165) is 76.6 Å². The Hall–Kier alpha value is -1.69. The van der Waals surface area contributed by atoms with Crippen molar-refractivity contribution in [2.75, 3.05) is 37.7 Å². The molecule has 2 aliphatic rings. The third-order valence-electron chi connectivity index (χ3n) is 5.16. The maximum atomic E-state index is 12.9. The fraction of sp³-hybridized carbons (Fsp3) is 0.737. The molecule has 0 spiro atoms. The van der Waals surface area contributed by atoms with Crippen molar-refractivity contribution in [2.24, 2.45) is 5.92 Å². The number of aromatic nitrogens is 2. The molecule has 6 heteroatoms. The number of hydrogen-bond acceptors (Lipinski definition) is 5. The Morgan fingerprint density at radius 2 is 1.92 bits per heavy atom. The first-order valence-electron chi connectivity index (χ1n) is 9.69. The lowest BCUT2D eigenvalue weighted by atomic mass is 9.95. The third kappa shape index (κ3) is 4.29. The number of anilines is 1. The van der Waals surface area contributed by atoms with Crippen LogP contribution in [0.3, 0.4) is 0 Å². The number of ether oxygens (including phenoxy) is 1. The van der Waals surface area contributed by atoms with E-state index in [1.807, 2.05) is 11.1 Å². The average Bonchev–Trinajstić information content (AvgIpc) is 2.67. The number of carbonyl (C=O) groups excluding carboxylic acids is 1. The lowest BCUT2D eigenvalue weighted by molar-refractivity contribution is -0.137. The summed E-state index contributed by atoms with van der Waals surface area (Å²) in [7, 11) is 0. The van der Waals surface area contributed by atoms with Crippen molar-refractivity contribution in [3.63, 3.8) is 0 Å². The van der Waals surface area contributed by atoms with E-state index >= 15 is 0 Å². The van der Waals surface area contributed by atoms with E-state index in [1.165, 1.54) is 5.56 Å². The second kappa shape index (κ2) is 8.61. The van der Waals surface area contributed by atoms with E-state index in [1.54, 1.807) is 0 Å². The maximum Gasteiger partial charge on any atom is 0.226 e. The number of amides is 1. The molecule has 6 nitrogen and oxygen atoms in total. The van der Waals surface area contributed by atoms with Gasteiger partial charge in [0, 0.05) is 31.7 Å². The van der Waals surface area contributed by atoms with Crippen LogP contribution in [0.2, 0.25) is 0 Å². The van der Waals surface area contributed by atoms with E-state index in [4.69, 9.17) is 9.72 Å². The van der Waals surface area contributed by atoms with Crippen LogP contribution >= 0.6 is 0 Å². The molecule has 25 heavy (non-hydrogen) atoms. The number of fused-ring (bicyclic) bond motifs is 1. The molecule has 1 saturated heterocycles. The lowest BCUT2D eigenvalue weighted by Crippen LogP contribution is -2.41. The molecule has 1 amide bonds. The van der Waals surface area contributed by atoms with Crippen LogP contribution in [-0.4, -0.2) is 53.6 Å². The zero-order chi connectivity index (χ0) is 17.6. The van der Waals surface area contributed by atoms with Crippen LogP contribution in [-0.2, 0) is 22.5 Å². The van der Waals surface area contributed by atoms with Gasteiger partial charge < -0.3 is 14.5 Å². The summed E-state index contributed by atoms with van der Waals surface area (Å²) in [6.07, 6.45) is 6.89. The van der Waals surface area contributed by atoms with Crippen LogP contribution < -0.4 is 4.90 Å².